The number of quaternary nitrogens is 3. The summed E-state index contributed by atoms with van der Waals surface area (Å²) in [5, 5.41) is 0. The molecule has 0 aromatic carbocycles. The number of phosphoric ester groups is 1. The molecule has 17 heteroatoms. The van der Waals surface area contributed by atoms with Gasteiger partial charge in [0, 0.05) is 18.8 Å². The van der Waals surface area contributed by atoms with E-state index in [1.165, 1.54) is 13.0 Å². The van der Waals surface area contributed by atoms with Crippen molar-refractivity contribution in [2.45, 2.75) is 25.2 Å². The molecule has 0 bridgehead atoms. The maximum Gasteiger partial charge on any atom is 0.330 e. The zero-order chi connectivity index (χ0) is 34.9. The van der Waals surface area contributed by atoms with Gasteiger partial charge in [-0.25, -0.2) is 9.59 Å². The van der Waals surface area contributed by atoms with E-state index in [4.69, 9.17) is 9.47 Å². The Labute approximate surface area is 256 Å². The quantitative estimate of drug-likeness (QED) is 0.0879. The van der Waals surface area contributed by atoms with Crippen LogP contribution in [0.5, 0.6) is 0 Å². The standard InChI is InChI=1S/C16H29N2O6P.C8H16NO2.C2H7O4P/c1-8-13(19)10-11-18(6,7)16(25(21,22)23)14(12-17(3,4)5)24-15(20)9-2;1-5-8(10)11-7-6-9(2,3)4;1-2-6-7(3,4)5/h8-9,14,16H,1-2,10-12H2,3-7H3;5H,1,6-7H2,2-4H3;2H2,1H3,(H2,3,4,5)/q;+1;/p-1. The van der Waals surface area contributed by atoms with E-state index in [1.54, 1.807) is 35.2 Å². The number of hydrogen-bond donors (Lipinski definition) is 1. The summed E-state index contributed by atoms with van der Waals surface area (Å²) in [6, 6.07) is 0. The van der Waals surface area contributed by atoms with Gasteiger partial charge in [-0.2, -0.15) is 0 Å². The average Bonchev–Trinajstić information content (AvgIpc) is 2.79. The predicted molar refractivity (Wildman–Crippen MR) is 157 cm³/mol. The van der Waals surface area contributed by atoms with Crippen LogP contribution in [0, 0.1) is 0 Å². The van der Waals surface area contributed by atoms with E-state index in [1.807, 2.05) is 21.1 Å². The van der Waals surface area contributed by atoms with Gasteiger partial charge >= 0.3 is 11.9 Å². The first-order chi connectivity index (χ1) is 19.2. The molecule has 0 radical (unpaired) electrons. The Bertz CT molecular complexity index is 1010. The zero-order valence-electron chi connectivity index (χ0n) is 26.9. The summed E-state index contributed by atoms with van der Waals surface area (Å²) in [6.07, 6.45) is 2.21. The summed E-state index contributed by atoms with van der Waals surface area (Å²) >= 11 is 0. The molecule has 15 nitrogen and oxygen atoms in total. The number of allylic oxidation sites excluding steroid dienone is 1. The Hall–Kier alpha value is -2.03. The minimum Gasteiger partial charge on any atom is -0.790 e. The van der Waals surface area contributed by atoms with E-state index in [2.05, 4.69) is 24.3 Å². The van der Waals surface area contributed by atoms with Gasteiger partial charge in [0.1, 0.15) is 19.7 Å². The Morgan fingerprint density at radius 3 is 1.63 bits per heavy atom. The third-order valence-electron chi connectivity index (χ3n) is 5.17. The van der Waals surface area contributed by atoms with E-state index in [9.17, 15) is 43.1 Å². The highest BCUT2D eigenvalue weighted by atomic mass is 31.2. The lowest BCUT2D eigenvalue weighted by Crippen LogP contribution is -2.60. The lowest BCUT2D eigenvalue weighted by Gasteiger charge is -2.45. The van der Waals surface area contributed by atoms with Crippen molar-refractivity contribution in [2.75, 3.05) is 89.2 Å². The molecule has 0 saturated carbocycles. The van der Waals surface area contributed by atoms with Crippen molar-refractivity contribution in [3.63, 3.8) is 0 Å². The third-order valence-corrected chi connectivity index (χ3v) is 7.37. The van der Waals surface area contributed by atoms with Crippen LogP contribution in [0.15, 0.2) is 38.0 Å². The van der Waals surface area contributed by atoms with Crippen LogP contribution in [0.25, 0.3) is 0 Å². The highest BCUT2D eigenvalue weighted by Crippen LogP contribution is 2.44. The van der Waals surface area contributed by atoms with Crippen molar-refractivity contribution < 1.29 is 70.5 Å². The molecular weight excluding hydrogens is 608 g/mol. The molecule has 0 aromatic rings. The van der Waals surface area contributed by atoms with Crippen LogP contribution in [0.1, 0.15) is 13.3 Å². The van der Waals surface area contributed by atoms with Crippen molar-refractivity contribution in [1.29, 1.82) is 0 Å². The Morgan fingerprint density at radius 1 is 0.837 bits per heavy atom. The van der Waals surface area contributed by atoms with Crippen LogP contribution < -0.4 is 14.7 Å². The molecule has 0 spiro atoms. The highest BCUT2D eigenvalue weighted by Gasteiger charge is 2.47. The molecule has 1 N–H and O–H groups in total. The summed E-state index contributed by atoms with van der Waals surface area (Å²) in [6.45, 7) is 12.9. The number of esters is 2. The molecule has 0 aliphatic carbocycles. The number of ether oxygens (including phenoxy) is 2. The molecule has 0 fully saturated rings. The molecule has 0 aliphatic heterocycles. The monoisotopic (exact) mass is 659 g/mol. The molecular formula is C26H51N3O12P2. The second-order valence-corrected chi connectivity index (χ2v) is 14.6. The first-order valence-electron chi connectivity index (χ1n) is 13.1. The number of hydrogen-bond acceptors (Lipinski definition) is 11. The van der Waals surface area contributed by atoms with Gasteiger partial charge in [-0.15, -0.1) is 0 Å². The number of likely N-dealkylation sites (N-methyl/N-ethyl adjacent to an activating group) is 3. The Morgan fingerprint density at radius 2 is 1.33 bits per heavy atom. The lowest BCUT2D eigenvalue weighted by atomic mass is 10.2. The fourth-order valence-electron chi connectivity index (χ4n) is 3.25. The van der Waals surface area contributed by atoms with Crippen molar-refractivity contribution in [3.05, 3.63) is 38.0 Å². The van der Waals surface area contributed by atoms with Crippen molar-refractivity contribution in [1.82, 2.24) is 0 Å². The van der Waals surface area contributed by atoms with Crippen molar-refractivity contribution >= 4 is 33.1 Å². The van der Waals surface area contributed by atoms with Crippen LogP contribution >= 0.6 is 15.4 Å². The van der Waals surface area contributed by atoms with Gasteiger partial charge in [0.25, 0.3) is 0 Å². The second-order valence-electron chi connectivity index (χ2n) is 11.8. The fourth-order valence-corrected chi connectivity index (χ4v) is 5.05. The number of phosphoric acid groups is 1. The Balaban J connectivity index is -0.000000725. The van der Waals surface area contributed by atoms with Gasteiger partial charge in [0.15, 0.2) is 19.2 Å². The van der Waals surface area contributed by atoms with Crippen LogP contribution in [0.2, 0.25) is 0 Å². The van der Waals surface area contributed by atoms with Crippen molar-refractivity contribution in [3.8, 4) is 0 Å². The minimum atomic E-state index is -4.91. The predicted octanol–water partition coefficient (Wildman–Crippen LogP) is -0.843. The number of nitrogens with zero attached hydrogens (tertiary/aromatic N) is 3. The summed E-state index contributed by atoms with van der Waals surface area (Å²) in [7, 11) is 5.09. The SMILES string of the molecule is C=CC(=O)CC[N+](C)(C)C(C(C[N+](C)(C)C)OC(=O)C=C)P(=O)([O-])O.C=CC(=O)OCC[N+](C)(C)C.CCOP(=O)([O-])[O-]. The number of ketones is 1. The van der Waals surface area contributed by atoms with E-state index in [0.29, 0.717) is 11.1 Å². The molecule has 43 heavy (non-hydrogen) atoms. The highest BCUT2D eigenvalue weighted by molar-refractivity contribution is 7.50. The first kappa shape index (κ1) is 45.4. The maximum absolute atomic E-state index is 12.1. The van der Waals surface area contributed by atoms with Crippen LogP contribution in [0.4, 0.5) is 0 Å². The topological polar surface area (TPSA) is 202 Å². The molecule has 0 aromatic heterocycles. The zero-order valence-corrected chi connectivity index (χ0v) is 28.7. The normalized spacial score (nSPS) is 14.6. The molecule has 0 saturated heterocycles. The number of rotatable bonds is 17. The van der Waals surface area contributed by atoms with Crippen LogP contribution in [-0.4, -0.2) is 137 Å². The Kier molecular flexibility index (Phi) is 21.2. The first-order valence-corrected chi connectivity index (χ1v) is 16.2. The van der Waals surface area contributed by atoms with Gasteiger partial charge < -0.3 is 56.2 Å². The average molecular weight is 660 g/mol. The van der Waals surface area contributed by atoms with Crippen molar-refractivity contribution in [2.24, 2.45) is 0 Å². The van der Waals surface area contributed by atoms with Gasteiger partial charge in [-0.3, -0.25) is 4.79 Å². The van der Waals surface area contributed by atoms with E-state index >= 15 is 0 Å². The maximum atomic E-state index is 12.1. The molecule has 0 amide bonds. The number of carbonyl (C=O) groups is 3. The summed E-state index contributed by atoms with van der Waals surface area (Å²) in [4.78, 5) is 74.7. The van der Waals surface area contributed by atoms with Crippen LogP contribution in [0.3, 0.4) is 0 Å². The van der Waals surface area contributed by atoms with Gasteiger partial charge in [-0.05, 0) is 13.0 Å². The second kappa shape index (κ2) is 20.1. The number of carbonyl (C=O) groups excluding carboxylic acids is 3. The molecule has 3 atom stereocenters. The van der Waals surface area contributed by atoms with E-state index in [-0.39, 0.29) is 42.4 Å². The smallest absolute Gasteiger partial charge is 0.330 e. The fraction of sp³-hybridized carbons (Fsp3) is 0.654. The van der Waals surface area contributed by atoms with Gasteiger partial charge in [0.05, 0.1) is 77.2 Å². The largest absolute Gasteiger partial charge is 0.790 e. The summed E-state index contributed by atoms with van der Waals surface area (Å²) in [5.74, 6) is -2.79. The molecule has 3 unspecified atom stereocenters. The van der Waals surface area contributed by atoms with E-state index in [0.717, 1.165) is 23.2 Å². The van der Waals surface area contributed by atoms with Gasteiger partial charge in [0.2, 0.25) is 6.10 Å². The van der Waals surface area contributed by atoms with Gasteiger partial charge in [-0.1, -0.05) is 19.7 Å². The molecule has 0 aliphatic rings. The molecule has 0 heterocycles. The summed E-state index contributed by atoms with van der Waals surface area (Å²) < 4.78 is 36.2. The lowest BCUT2D eigenvalue weighted by molar-refractivity contribution is -0.917. The van der Waals surface area contributed by atoms with Crippen LogP contribution in [-0.2, 0) is 37.5 Å². The minimum absolute atomic E-state index is 0.0551. The summed E-state index contributed by atoms with van der Waals surface area (Å²) in [5.41, 5.74) is 0. The van der Waals surface area contributed by atoms with E-state index < -0.39 is 33.3 Å². The molecule has 252 valence electrons. The molecule has 0 rings (SSSR count). The third kappa shape index (κ3) is 27.3.